The number of ether oxygens (including phenoxy) is 1. The fourth-order valence-electron chi connectivity index (χ4n) is 3.51. The van der Waals surface area contributed by atoms with Crippen LogP contribution in [0, 0.1) is 0 Å². The number of halogens is 1. The van der Waals surface area contributed by atoms with Crippen LogP contribution in [0.5, 0.6) is 5.75 Å². The highest BCUT2D eigenvalue weighted by Crippen LogP contribution is 2.33. The molecule has 0 N–H and O–H groups in total. The van der Waals surface area contributed by atoms with Crippen LogP contribution in [0.3, 0.4) is 0 Å². The number of rotatable bonds is 3. The van der Waals surface area contributed by atoms with Crippen LogP contribution >= 0.6 is 22.9 Å². The highest BCUT2D eigenvalue weighted by Gasteiger charge is 2.23. The van der Waals surface area contributed by atoms with Crippen molar-refractivity contribution in [3.05, 3.63) is 85.9 Å². The molecular formula is C22H16ClNO3S. The molecule has 0 radical (unpaired) electrons. The van der Waals surface area contributed by atoms with Crippen LogP contribution in [0.15, 0.2) is 69.4 Å². The maximum absolute atomic E-state index is 13.1. The van der Waals surface area contributed by atoms with E-state index in [4.69, 9.17) is 20.8 Å². The molecule has 1 aliphatic heterocycles. The van der Waals surface area contributed by atoms with Crippen molar-refractivity contribution in [1.29, 1.82) is 0 Å². The topological polar surface area (TPSA) is 42.7 Å². The maximum Gasteiger partial charge on any atom is 0.200 e. The molecule has 28 heavy (non-hydrogen) atoms. The van der Waals surface area contributed by atoms with Gasteiger partial charge in [-0.1, -0.05) is 29.8 Å². The minimum atomic E-state index is -0.0539. The first-order valence-electron chi connectivity index (χ1n) is 8.90. The highest BCUT2D eigenvalue weighted by molar-refractivity contribution is 7.09. The van der Waals surface area contributed by atoms with Crippen molar-refractivity contribution in [1.82, 2.24) is 4.90 Å². The van der Waals surface area contributed by atoms with Crippen molar-refractivity contribution in [3.8, 4) is 16.9 Å². The number of nitrogens with zero attached hydrogens (tertiary/aromatic N) is 1. The zero-order valence-corrected chi connectivity index (χ0v) is 16.4. The largest absolute Gasteiger partial charge is 0.478 e. The second kappa shape index (κ2) is 7.09. The summed E-state index contributed by atoms with van der Waals surface area (Å²) in [5.74, 6) is 0.775. The smallest absolute Gasteiger partial charge is 0.200 e. The van der Waals surface area contributed by atoms with Crippen LogP contribution in [0.25, 0.3) is 22.1 Å². The predicted molar refractivity (Wildman–Crippen MR) is 112 cm³/mol. The van der Waals surface area contributed by atoms with E-state index in [1.54, 1.807) is 29.5 Å². The van der Waals surface area contributed by atoms with E-state index in [0.29, 0.717) is 34.8 Å². The van der Waals surface area contributed by atoms with Gasteiger partial charge in [-0.3, -0.25) is 9.69 Å². The number of benzene rings is 2. The van der Waals surface area contributed by atoms with Crippen molar-refractivity contribution in [2.75, 3.05) is 6.73 Å². The van der Waals surface area contributed by atoms with Crippen LogP contribution in [0.4, 0.5) is 0 Å². The molecule has 4 aromatic rings. The van der Waals surface area contributed by atoms with Gasteiger partial charge in [-0.25, -0.2) is 0 Å². The lowest BCUT2D eigenvalue weighted by molar-refractivity contribution is 0.0899. The lowest BCUT2D eigenvalue weighted by atomic mass is 10.0. The van der Waals surface area contributed by atoms with Gasteiger partial charge in [0.1, 0.15) is 24.3 Å². The third-order valence-electron chi connectivity index (χ3n) is 4.90. The normalized spacial score (nSPS) is 14.0. The summed E-state index contributed by atoms with van der Waals surface area (Å²) in [7, 11) is 0. The van der Waals surface area contributed by atoms with Gasteiger partial charge in [-0.05, 0) is 41.3 Å². The van der Waals surface area contributed by atoms with Crippen LogP contribution in [-0.2, 0) is 13.1 Å². The molecule has 2 aromatic heterocycles. The Morgan fingerprint density at radius 1 is 1.11 bits per heavy atom. The highest BCUT2D eigenvalue weighted by atomic mass is 35.5. The molecule has 0 saturated carbocycles. The van der Waals surface area contributed by atoms with Gasteiger partial charge >= 0.3 is 0 Å². The van der Waals surface area contributed by atoms with Gasteiger partial charge in [0.15, 0.2) is 0 Å². The molecule has 0 spiro atoms. The molecule has 2 aromatic carbocycles. The second-order valence-electron chi connectivity index (χ2n) is 6.74. The van der Waals surface area contributed by atoms with Gasteiger partial charge in [-0.2, -0.15) is 0 Å². The van der Waals surface area contributed by atoms with E-state index in [0.717, 1.165) is 23.4 Å². The Bertz CT molecular complexity index is 1200. The summed E-state index contributed by atoms with van der Waals surface area (Å²) in [6.45, 7) is 2.00. The quantitative estimate of drug-likeness (QED) is 0.446. The van der Waals surface area contributed by atoms with Crippen molar-refractivity contribution < 1.29 is 9.15 Å². The van der Waals surface area contributed by atoms with Crippen LogP contribution < -0.4 is 10.2 Å². The molecule has 0 amide bonds. The first-order chi connectivity index (χ1) is 13.7. The first kappa shape index (κ1) is 17.5. The Morgan fingerprint density at radius 3 is 2.75 bits per heavy atom. The fraction of sp³-hybridized carbons (Fsp3) is 0.136. The van der Waals surface area contributed by atoms with E-state index in [1.807, 2.05) is 24.3 Å². The predicted octanol–water partition coefficient (Wildman–Crippen LogP) is 5.53. The van der Waals surface area contributed by atoms with Crippen molar-refractivity contribution in [2.45, 2.75) is 13.1 Å². The van der Waals surface area contributed by atoms with E-state index in [9.17, 15) is 4.79 Å². The Kier molecular flexibility index (Phi) is 4.43. The van der Waals surface area contributed by atoms with Crippen LogP contribution in [-0.4, -0.2) is 11.6 Å². The summed E-state index contributed by atoms with van der Waals surface area (Å²) in [5, 5.41) is 3.26. The number of hydrogen-bond donors (Lipinski definition) is 0. The summed E-state index contributed by atoms with van der Waals surface area (Å²) in [6.07, 6.45) is 1.53. The van der Waals surface area contributed by atoms with Gasteiger partial charge in [0.05, 0.1) is 16.5 Å². The van der Waals surface area contributed by atoms with E-state index in [2.05, 4.69) is 16.3 Å². The molecule has 3 heterocycles. The first-order valence-corrected chi connectivity index (χ1v) is 10.2. The van der Waals surface area contributed by atoms with E-state index in [-0.39, 0.29) is 5.43 Å². The Labute approximate surface area is 170 Å². The molecule has 0 bridgehead atoms. The minimum absolute atomic E-state index is 0.0539. The number of thiophene rings is 1. The van der Waals surface area contributed by atoms with Gasteiger partial charge in [-0.15, -0.1) is 11.3 Å². The summed E-state index contributed by atoms with van der Waals surface area (Å²) in [6, 6.07) is 15.0. The van der Waals surface area contributed by atoms with Crippen molar-refractivity contribution in [3.63, 3.8) is 0 Å². The molecule has 4 nitrogen and oxygen atoms in total. The summed E-state index contributed by atoms with van der Waals surface area (Å²) < 4.78 is 11.9. The van der Waals surface area contributed by atoms with Crippen LogP contribution in [0.1, 0.15) is 10.4 Å². The third kappa shape index (κ3) is 3.11. The average Bonchev–Trinajstić information content (AvgIpc) is 3.22. The Hall–Kier alpha value is -2.60. The molecule has 0 aliphatic carbocycles. The molecule has 1 aliphatic rings. The lowest BCUT2D eigenvalue weighted by Crippen LogP contribution is -2.31. The molecule has 5 rings (SSSR count). The Balaban J connectivity index is 1.55. The Morgan fingerprint density at radius 2 is 1.96 bits per heavy atom. The zero-order valence-electron chi connectivity index (χ0n) is 14.9. The average molecular weight is 410 g/mol. The molecule has 0 unspecified atom stereocenters. The number of hydrogen-bond acceptors (Lipinski definition) is 5. The second-order valence-corrected chi connectivity index (χ2v) is 8.21. The van der Waals surface area contributed by atoms with Gasteiger partial charge < -0.3 is 9.15 Å². The molecule has 6 heteroatoms. The molecule has 0 atom stereocenters. The minimum Gasteiger partial charge on any atom is -0.478 e. The molecular weight excluding hydrogens is 394 g/mol. The van der Waals surface area contributed by atoms with E-state index in [1.165, 1.54) is 11.1 Å². The van der Waals surface area contributed by atoms with E-state index >= 15 is 0 Å². The van der Waals surface area contributed by atoms with Crippen molar-refractivity contribution >= 4 is 33.9 Å². The van der Waals surface area contributed by atoms with Gasteiger partial charge in [0.25, 0.3) is 0 Å². The molecule has 140 valence electrons. The number of fused-ring (bicyclic) bond motifs is 3. The summed E-state index contributed by atoms with van der Waals surface area (Å²) in [5.41, 5.74) is 2.77. The van der Waals surface area contributed by atoms with Gasteiger partial charge in [0, 0.05) is 23.0 Å². The molecule has 0 saturated heterocycles. The fourth-order valence-corrected chi connectivity index (χ4v) is 4.38. The maximum atomic E-state index is 13.1. The van der Waals surface area contributed by atoms with E-state index < -0.39 is 0 Å². The monoisotopic (exact) mass is 409 g/mol. The zero-order chi connectivity index (χ0) is 19.1. The van der Waals surface area contributed by atoms with Gasteiger partial charge in [0.2, 0.25) is 5.43 Å². The summed E-state index contributed by atoms with van der Waals surface area (Å²) in [4.78, 5) is 16.6. The third-order valence-corrected chi connectivity index (χ3v) is 6.01. The standard InChI is InChI=1S/C22H16ClNO3S/c23-15-5-3-14(4-6-15)19-12-26-22-17(21(19)25)7-8-20-18(22)11-24(13-27-20)10-16-2-1-9-28-16/h1-9,12H,10-11,13H2. The van der Waals surface area contributed by atoms with Crippen LogP contribution in [0.2, 0.25) is 5.02 Å². The SMILES string of the molecule is O=c1c(-c2ccc(Cl)cc2)coc2c3c(ccc12)OCN(Cc1cccs1)C3. The lowest BCUT2D eigenvalue weighted by Gasteiger charge is -2.28. The van der Waals surface area contributed by atoms with Crippen molar-refractivity contribution in [2.24, 2.45) is 0 Å². The molecule has 0 fully saturated rings. The summed E-state index contributed by atoms with van der Waals surface area (Å²) >= 11 is 7.68.